The summed E-state index contributed by atoms with van der Waals surface area (Å²) in [5, 5.41) is 9.84. The summed E-state index contributed by atoms with van der Waals surface area (Å²) in [6, 6.07) is 10.7. The van der Waals surface area contributed by atoms with Crippen LogP contribution in [0.2, 0.25) is 0 Å². The van der Waals surface area contributed by atoms with Crippen LogP contribution in [0.1, 0.15) is 22.2 Å². The van der Waals surface area contributed by atoms with Crippen LogP contribution in [0.5, 0.6) is 0 Å². The second-order valence-corrected chi connectivity index (χ2v) is 6.27. The minimum atomic E-state index is -0.749. The van der Waals surface area contributed by atoms with Gasteiger partial charge in [-0.25, -0.2) is 4.39 Å². The molecule has 0 saturated heterocycles. The monoisotopic (exact) mass is 293 g/mol. The number of benzene rings is 1. The third-order valence-corrected chi connectivity index (χ3v) is 4.95. The van der Waals surface area contributed by atoms with E-state index in [-0.39, 0.29) is 19.0 Å². The summed E-state index contributed by atoms with van der Waals surface area (Å²) in [7, 11) is 0. The molecule has 0 aliphatic rings. The van der Waals surface area contributed by atoms with Crippen LogP contribution in [-0.2, 0) is 18.3 Å². The molecule has 0 bridgehead atoms. The zero-order valence-corrected chi connectivity index (χ0v) is 12.4. The fourth-order valence-electron chi connectivity index (χ4n) is 2.42. The van der Waals surface area contributed by atoms with Crippen LogP contribution < -0.4 is 5.73 Å². The molecular formula is C16H20FNOS. The number of aliphatic hydroxyl groups excluding tert-OH is 1. The summed E-state index contributed by atoms with van der Waals surface area (Å²) >= 11 is 1.70. The quantitative estimate of drug-likeness (QED) is 0.860. The van der Waals surface area contributed by atoms with Crippen LogP contribution in [-0.4, -0.2) is 18.3 Å². The molecule has 0 amide bonds. The van der Waals surface area contributed by atoms with Gasteiger partial charge in [-0.3, -0.25) is 0 Å². The van der Waals surface area contributed by atoms with E-state index in [2.05, 4.69) is 13.0 Å². The van der Waals surface area contributed by atoms with Gasteiger partial charge in [-0.2, -0.15) is 0 Å². The van der Waals surface area contributed by atoms with Crippen molar-refractivity contribution >= 4 is 11.3 Å². The van der Waals surface area contributed by atoms with Crippen molar-refractivity contribution in [2.75, 3.05) is 13.2 Å². The average Bonchev–Trinajstić information content (AvgIpc) is 2.93. The first-order valence-corrected chi connectivity index (χ1v) is 7.60. The largest absolute Gasteiger partial charge is 0.395 e. The van der Waals surface area contributed by atoms with E-state index in [1.165, 1.54) is 10.9 Å². The lowest BCUT2D eigenvalue weighted by Gasteiger charge is -2.31. The molecule has 0 aliphatic heterocycles. The molecule has 108 valence electrons. The molecule has 0 fully saturated rings. The van der Waals surface area contributed by atoms with Crippen molar-refractivity contribution in [3.63, 3.8) is 0 Å². The van der Waals surface area contributed by atoms with Gasteiger partial charge in [0.1, 0.15) is 5.82 Å². The highest BCUT2D eigenvalue weighted by Gasteiger charge is 2.33. The van der Waals surface area contributed by atoms with E-state index < -0.39 is 5.41 Å². The maximum atomic E-state index is 14.1. The predicted molar refractivity (Wildman–Crippen MR) is 81.6 cm³/mol. The fourth-order valence-corrected chi connectivity index (χ4v) is 3.52. The van der Waals surface area contributed by atoms with Crippen molar-refractivity contribution < 1.29 is 9.50 Å². The van der Waals surface area contributed by atoms with Crippen LogP contribution in [0, 0.1) is 5.82 Å². The Morgan fingerprint density at radius 2 is 1.90 bits per heavy atom. The highest BCUT2D eigenvalue weighted by molar-refractivity contribution is 7.12. The zero-order chi connectivity index (χ0) is 14.6. The van der Waals surface area contributed by atoms with Gasteiger partial charge in [0.15, 0.2) is 0 Å². The van der Waals surface area contributed by atoms with Crippen LogP contribution in [0.4, 0.5) is 4.39 Å². The first-order valence-electron chi connectivity index (χ1n) is 6.78. The maximum absolute atomic E-state index is 14.1. The van der Waals surface area contributed by atoms with Gasteiger partial charge in [-0.15, -0.1) is 11.3 Å². The van der Waals surface area contributed by atoms with E-state index in [4.69, 9.17) is 5.73 Å². The van der Waals surface area contributed by atoms with Crippen molar-refractivity contribution in [1.29, 1.82) is 0 Å². The SMILES string of the molecule is CCc1ccc(CC(CN)(CO)c2ccccc2F)s1. The van der Waals surface area contributed by atoms with Gasteiger partial charge in [0.05, 0.1) is 6.61 Å². The average molecular weight is 293 g/mol. The smallest absolute Gasteiger partial charge is 0.127 e. The van der Waals surface area contributed by atoms with Crippen molar-refractivity contribution in [3.05, 3.63) is 57.5 Å². The molecule has 3 N–H and O–H groups in total. The molecule has 2 nitrogen and oxygen atoms in total. The third-order valence-electron chi connectivity index (χ3n) is 3.72. The summed E-state index contributed by atoms with van der Waals surface area (Å²) in [5.41, 5.74) is 5.63. The summed E-state index contributed by atoms with van der Waals surface area (Å²) < 4.78 is 14.1. The Bertz CT molecular complexity index is 563. The number of hydrogen-bond donors (Lipinski definition) is 2. The number of hydrogen-bond acceptors (Lipinski definition) is 3. The Kier molecular flexibility index (Phi) is 4.91. The Hall–Kier alpha value is -1.23. The summed E-state index contributed by atoms with van der Waals surface area (Å²) in [5.74, 6) is -0.306. The second kappa shape index (κ2) is 6.48. The molecule has 0 spiro atoms. The van der Waals surface area contributed by atoms with E-state index in [0.717, 1.165) is 11.3 Å². The number of aryl methyl sites for hydroxylation is 1. The van der Waals surface area contributed by atoms with Crippen molar-refractivity contribution in [2.45, 2.75) is 25.2 Å². The molecule has 20 heavy (non-hydrogen) atoms. The molecule has 1 atom stereocenters. The van der Waals surface area contributed by atoms with Crippen molar-refractivity contribution in [2.24, 2.45) is 5.73 Å². The van der Waals surface area contributed by atoms with Gasteiger partial charge in [0, 0.05) is 21.7 Å². The number of thiophene rings is 1. The maximum Gasteiger partial charge on any atom is 0.127 e. The highest BCUT2D eigenvalue weighted by Crippen LogP contribution is 2.32. The minimum Gasteiger partial charge on any atom is -0.395 e. The van der Waals surface area contributed by atoms with E-state index in [9.17, 15) is 9.50 Å². The standard InChI is InChI=1S/C16H20FNOS/c1-2-12-7-8-13(20-12)9-16(10-18,11-19)14-5-3-4-6-15(14)17/h3-8,19H,2,9-11,18H2,1H3. The lowest BCUT2D eigenvalue weighted by Crippen LogP contribution is -2.41. The number of nitrogens with two attached hydrogens (primary N) is 1. The first-order chi connectivity index (χ1) is 9.65. The summed E-state index contributed by atoms with van der Waals surface area (Å²) in [6.07, 6.45) is 1.55. The van der Waals surface area contributed by atoms with E-state index in [1.807, 2.05) is 6.07 Å². The topological polar surface area (TPSA) is 46.2 Å². The van der Waals surface area contributed by atoms with Crippen LogP contribution in [0.3, 0.4) is 0 Å². The highest BCUT2D eigenvalue weighted by atomic mass is 32.1. The molecular weight excluding hydrogens is 273 g/mol. The number of aliphatic hydroxyl groups is 1. The summed E-state index contributed by atoms with van der Waals surface area (Å²) in [4.78, 5) is 2.42. The molecule has 0 radical (unpaired) electrons. The predicted octanol–water partition coefficient (Wildman–Crippen LogP) is 2.88. The molecule has 1 unspecified atom stereocenters. The molecule has 1 aromatic heterocycles. The normalized spacial score (nSPS) is 14.2. The number of rotatable bonds is 6. The molecule has 4 heteroatoms. The van der Waals surface area contributed by atoms with Crippen LogP contribution in [0.15, 0.2) is 36.4 Å². The van der Waals surface area contributed by atoms with Crippen LogP contribution in [0.25, 0.3) is 0 Å². The third kappa shape index (κ3) is 2.92. The van der Waals surface area contributed by atoms with Crippen molar-refractivity contribution in [3.8, 4) is 0 Å². The lowest BCUT2D eigenvalue weighted by molar-refractivity contribution is 0.193. The van der Waals surface area contributed by atoms with E-state index in [1.54, 1.807) is 29.5 Å². The summed E-state index contributed by atoms with van der Waals surface area (Å²) in [6.45, 7) is 2.16. The van der Waals surface area contributed by atoms with Gasteiger partial charge in [-0.05, 0) is 36.6 Å². The van der Waals surface area contributed by atoms with E-state index >= 15 is 0 Å². The Balaban J connectivity index is 2.37. The Morgan fingerprint density at radius 3 is 2.45 bits per heavy atom. The van der Waals surface area contributed by atoms with Gasteiger partial charge in [0.2, 0.25) is 0 Å². The second-order valence-electron chi connectivity index (χ2n) is 5.02. The number of halogens is 1. The van der Waals surface area contributed by atoms with Gasteiger partial charge in [0.25, 0.3) is 0 Å². The van der Waals surface area contributed by atoms with Gasteiger partial charge >= 0.3 is 0 Å². The Morgan fingerprint density at radius 1 is 1.20 bits per heavy atom. The van der Waals surface area contributed by atoms with Gasteiger partial charge in [-0.1, -0.05) is 25.1 Å². The molecule has 2 rings (SSSR count). The minimum absolute atomic E-state index is 0.163. The molecule has 1 aromatic carbocycles. The fraction of sp³-hybridized carbons (Fsp3) is 0.375. The molecule has 1 heterocycles. The molecule has 2 aromatic rings. The zero-order valence-electron chi connectivity index (χ0n) is 11.6. The van der Waals surface area contributed by atoms with Crippen LogP contribution >= 0.6 is 11.3 Å². The van der Waals surface area contributed by atoms with E-state index in [0.29, 0.717) is 12.0 Å². The first kappa shape index (κ1) is 15.2. The molecule has 0 saturated carbocycles. The Labute approximate surface area is 123 Å². The molecule has 0 aliphatic carbocycles. The van der Waals surface area contributed by atoms with Gasteiger partial charge < -0.3 is 10.8 Å². The van der Waals surface area contributed by atoms with Crippen molar-refractivity contribution in [1.82, 2.24) is 0 Å². The lowest BCUT2D eigenvalue weighted by atomic mass is 9.77.